The second-order valence-electron chi connectivity index (χ2n) is 9.88. The first-order valence-corrected chi connectivity index (χ1v) is 13.2. The summed E-state index contributed by atoms with van der Waals surface area (Å²) in [6.45, 7) is 6.91. The zero-order chi connectivity index (χ0) is 26.3. The summed E-state index contributed by atoms with van der Waals surface area (Å²) in [4.78, 5) is 13.6. The first-order chi connectivity index (χ1) is 16.8. The number of para-hydroxylation sites is 1. The smallest absolute Gasteiger partial charge is 0.412 e. The maximum Gasteiger partial charge on any atom is 0.412 e. The van der Waals surface area contributed by atoms with E-state index in [1.54, 1.807) is 42.5 Å². The number of nitrogens with zero attached hydrogens (tertiary/aromatic N) is 1. The van der Waals surface area contributed by atoms with Crippen LogP contribution in [0.5, 0.6) is 5.75 Å². The number of rotatable bonds is 5. The van der Waals surface area contributed by atoms with Crippen molar-refractivity contribution in [2.75, 3.05) is 18.1 Å². The Morgan fingerprint density at radius 3 is 2.31 bits per heavy atom. The molecule has 36 heavy (non-hydrogen) atoms. The number of carboxylic acid groups (broad SMARTS) is 1. The van der Waals surface area contributed by atoms with Crippen molar-refractivity contribution in [1.82, 2.24) is 0 Å². The van der Waals surface area contributed by atoms with E-state index in [1.165, 1.54) is 17.0 Å². The molecule has 1 N–H and O–H groups in total. The molecule has 3 aromatic carbocycles. The van der Waals surface area contributed by atoms with Gasteiger partial charge in [-0.2, -0.15) is 8.42 Å². The molecular formula is C27H28ClNO6S. The van der Waals surface area contributed by atoms with E-state index in [0.717, 1.165) is 5.56 Å². The van der Waals surface area contributed by atoms with Crippen LogP contribution in [-0.2, 0) is 14.3 Å². The Bertz CT molecular complexity index is 1400. The zero-order valence-corrected chi connectivity index (χ0v) is 22.1. The lowest BCUT2D eigenvalue weighted by atomic mass is 9.75. The van der Waals surface area contributed by atoms with Gasteiger partial charge >= 0.3 is 6.09 Å². The Hall–Kier alpha value is -3.07. The number of halogens is 1. The van der Waals surface area contributed by atoms with Gasteiger partial charge in [0.05, 0.1) is 17.1 Å². The predicted octanol–water partition coefficient (Wildman–Crippen LogP) is 6.38. The van der Waals surface area contributed by atoms with Gasteiger partial charge < -0.3 is 9.84 Å². The van der Waals surface area contributed by atoms with Crippen molar-refractivity contribution >= 4 is 33.5 Å². The quantitative estimate of drug-likeness (QED) is 0.385. The first-order valence-electron chi connectivity index (χ1n) is 11.4. The van der Waals surface area contributed by atoms with E-state index in [2.05, 4.69) is 0 Å². The summed E-state index contributed by atoms with van der Waals surface area (Å²) in [5.74, 6) is 0.297. The molecule has 1 heterocycles. The van der Waals surface area contributed by atoms with Crippen molar-refractivity contribution in [2.24, 2.45) is 5.41 Å². The minimum atomic E-state index is -4.13. The molecule has 1 atom stereocenters. The van der Waals surface area contributed by atoms with Crippen LogP contribution in [0.3, 0.4) is 0 Å². The van der Waals surface area contributed by atoms with E-state index in [1.807, 2.05) is 39.8 Å². The van der Waals surface area contributed by atoms with E-state index in [4.69, 9.17) is 20.5 Å². The van der Waals surface area contributed by atoms with Crippen LogP contribution in [0.2, 0.25) is 5.02 Å². The highest BCUT2D eigenvalue weighted by molar-refractivity contribution is 7.86. The summed E-state index contributed by atoms with van der Waals surface area (Å²) in [6.07, 6.45) is -1.19. The molecule has 3 aromatic rings. The van der Waals surface area contributed by atoms with Gasteiger partial charge in [0.1, 0.15) is 6.61 Å². The van der Waals surface area contributed by atoms with Crippen LogP contribution in [0.1, 0.15) is 26.3 Å². The van der Waals surface area contributed by atoms with Gasteiger partial charge in [0.2, 0.25) is 0 Å². The minimum absolute atomic E-state index is 0.0141. The van der Waals surface area contributed by atoms with Gasteiger partial charge in [0.15, 0.2) is 11.4 Å². The number of fused-ring (bicyclic) bond motifs is 1. The number of ether oxygens (including phenoxy) is 1. The van der Waals surface area contributed by atoms with E-state index in [0.29, 0.717) is 27.6 Å². The summed E-state index contributed by atoms with van der Waals surface area (Å²) < 4.78 is 38.2. The van der Waals surface area contributed by atoms with Gasteiger partial charge in [-0.15, -0.1) is 0 Å². The maximum atomic E-state index is 13.0. The number of aryl methyl sites for hydroxylation is 1. The van der Waals surface area contributed by atoms with Gasteiger partial charge in [-0.3, -0.25) is 9.08 Å². The average Bonchev–Trinajstić information content (AvgIpc) is 2.82. The molecule has 1 aliphatic rings. The van der Waals surface area contributed by atoms with Crippen LogP contribution in [0.25, 0.3) is 11.1 Å². The van der Waals surface area contributed by atoms with Crippen LogP contribution >= 0.6 is 11.6 Å². The van der Waals surface area contributed by atoms with E-state index in [-0.39, 0.29) is 11.4 Å². The average molecular weight is 530 g/mol. The van der Waals surface area contributed by atoms with Crippen molar-refractivity contribution in [3.05, 3.63) is 77.3 Å². The van der Waals surface area contributed by atoms with Crippen molar-refractivity contribution in [3.8, 4) is 16.9 Å². The van der Waals surface area contributed by atoms with Gasteiger partial charge in [-0.25, -0.2) is 4.79 Å². The van der Waals surface area contributed by atoms with E-state index < -0.39 is 33.8 Å². The standard InChI is InChI=1S/C27H28ClNO6S/c1-18-12-14-19(15-13-18)36(32,33)34-17-27(26(2,3)4)16-29(25(30)31)23-11-7-9-21(24(23)35-27)20-8-5-6-10-22(20)28/h5-15H,16-17H2,1-4H3,(H,30,31). The number of hydrogen-bond donors (Lipinski definition) is 1. The largest absolute Gasteiger partial charge is 0.480 e. The molecule has 0 aromatic heterocycles. The zero-order valence-electron chi connectivity index (χ0n) is 20.5. The highest BCUT2D eigenvalue weighted by atomic mass is 35.5. The van der Waals surface area contributed by atoms with Crippen LogP contribution in [0.15, 0.2) is 71.6 Å². The fraction of sp³-hybridized carbons (Fsp3) is 0.296. The number of hydrogen-bond acceptors (Lipinski definition) is 5. The van der Waals surface area contributed by atoms with Gasteiger partial charge in [0.25, 0.3) is 10.1 Å². The normalized spacial score (nSPS) is 17.9. The molecule has 9 heteroatoms. The van der Waals surface area contributed by atoms with Crippen molar-refractivity contribution < 1.29 is 27.2 Å². The molecule has 0 bridgehead atoms. The van der Waals surface area contributed by atoms with Crippen LogP contribution in [0.4, 0.5) is 10.5 Å². The summed E-state index contributed by atoms with van der Waals surface area (Å²) in [7, 11) is -4.13. The number of carbonyl (C=O) groups is 1. The highest BCUT2D eigenvalue weighted by Crippen LogP contribution is 2.49. The Labute approximate surface area is 216 Å². The molecule has 1 aliphatic heterocycles. The van der Waals surface area contributed by atoms with E-state index in [9.17, 15) is 18.3 Å². The molecule has 0 spiro atoms. The lowest BCUT2D eigenvalue weighted by molar-refractivity contribution is -0.0622. The summed E-state index contributed by atoms with van der Waals surface area (Å²) in [5, 5.41) is 10.6. The SMILES string of the molecule is Cc1ccc(S(=O)(=O)OCC2(C(C)(C)C)CN(C(=O)O)c3cccc(-c4ccccc4Cl)c3O2)cc1. The number of amides is 1. The van der Waals surface area contributed by atoms with Gasteiger partial charge in [-0.1, -0.05) is 80.4 Å². The molecule has 7 nitrogen and oxygen atoms in total. The fourth-order valence-electron chi connectivity index (χ4n) is 4.10. The molecular weight excluding hydrogens is 502 g/mol. The van der Waals surface area contributed by atoms with E-state index >= 15 is 0 Å². The molecule has 1 unspecified atom stereocenters. The number of anilines is 1. The molecule has 0 saturated heterocycles. The molecule has 0 radical (unpaired) electrons. The maximum absolute atomic E-state index is 13.0. The predicted molar refractivity (Wildman–Crippen MR) is 139 cm³/mol. The Morgan fingerprint density at radius 2 is 1.69 bits per heavy atom. The van der Waals surface area contributed by atoms with Gasteiger partial charge in [0, 0.05) is 21.6 Å². The van der Waals surface area contributed by atoms with Crippen molar-refractivity contribution in [3.63, 3.8) is 0 Å². The topological polar surface area (TPSA) is 93.1 Å². The first kappa shape index (κ1) is 26.0. The van der Waals surface area contributed by atoms with Gasteiger partial charge in [-0.05, 0) is 31.2 Å². The summed E-state index contributed by atoms with van der Waals surface area (Å²) >= 11 is 6.47. The second kappa shape index (κ2) is 9.42. The van der Waals surface area contributed by atoms with Crippen molar-refractivity contribution in [2.45, 2.75) is 38.2 Å². The number of benzene rings is 3. The molecule has 0 saturated carbocycles. The fourth-order valence-corrected chi connectivity index (χ4v) is 5.29. The Balaban J connectivity index is 1.81. The lowest BCUT2D eigenvalue weighted by Crippen LogP contribution is -2.62. The minimum Gasteiger partial charge on any atom is -0.480 e. The second-order valence-corrected chi connectivity index (χ2v) is 11.9. The highest BCUT2D eigenvalue weighted by Gasteiger charge is 2.52. The van der Waals surface area contributed by atoms with Crippen LogP contribution in [0, 0.1) is 12.3 Å². The third-order valence-electron chi connectivity index (χ3n) is 6.51. The molecule has 4 rings (SSSR count). The molecule has 190 valence electrons. The Kier molecular flexibility index (Phi) is 6.81. The molecule has 0 aliphatic carbocycles. The third kappa shape index (κ3) is 4.81. The lowest BCUT2D eigenvalue weighted by Gasteiger charge is -2.49. The Morgan fingerprint density at radius 1 is 1.06 bits per heavy atom. The van der Waals surface area contributed by atoms with Crippen LogP contribution < -0.4 is 9.64 Å². The van der Waals surface area contributed by atoms with Crippen molar-refractivity contribution in [1.29, 1.82) is 0 Å². The molecule has 1 amide bonds. The van der Waals surface area contributed by atoms with Crippen LogP contribution in [-0.4, -0.2) is 38.4 Å². The monoisotopic (exact) mass is 529 g/mol. The molecule has 0 fully saturated rings. The summed E-state index contributed by atoms with van der Waals surface area (Å²) in [5.41, 5.74) is 0.457. The summed E-state index contributed by atoms with van der Waals surface area (Å²) in [6, 6.07) is 18.7. The third-order valence-corrected chi connectivity index (χ3v) is 8.12.